The molecule has 1 unspecified atom stereocenters. The Morgan fingerprint density at radius 2 is 1.70 bits per heavy atom. The SMILES string of the molecule is C[C@H](CCC(=O)OCCN=[N+]=[N-])C1CC[C@H]2[C@@H]3CC[C@@H]4C[C@H](OC(=O)[C@@H](N)CC(=O)OC(C)(C)C)CC[C@]4(C)[C@H]3CC[C@]12C. The molecule has 2 N–H and O–H groups in total. The van der Waals surface area contributed by atoms with Gasteiger partial charge in [-0.3, -0.25) is 14.4 Å². The van der Waals surface area contributed by atoms with E-state index in [-0.39, 0.29) is 37.1 Å². The highest BCUT2D eigenvalue weighted by atomic mass is 16.6. The highest BCUT2D eigenvalue weighted by Crippen LogP contribution is 2.68. The van der Waals surface area contributed by atoms with Crippen LogP contribution in [0.1, 0.15) is 119 Å². The molecule has 44 heavy (non-hydrogen) atoms. The fourth-order valence-corrected chi connectivity index (χ4v) is 10.1. The molecule has 4 fully saturated rings. The number of carbonyl (C=O) groups is 3. The molecule has 0 heterocycles. The minimum Gasteiger partial charge on any atom is -0.466 e. The summed E-state index contributed by atoms with van der Waals surface area (Å²) in [5.41, 5.74) is 14.4. The molecule has 10 heteroatoms. The van der Waals surface area contributed by atoms with Crippen LogP contribution >= 0.6 is 0 Å². The van der Waals surface area contributed by atoms with Gasteiger partial charge in [-0.2, -0.15) is 0 Å². The van der Waals surface area contributed by atoms with Crippen molar-refractivity contribution in [3.63, 3.8) is 0 Å². The highest BCUT2D eigenvalue weighted by Gasteiger charge is 2.60. The molecule has 0 bridgehead atoms. The zero-order valence-electron chi connectivity index (χ0n) is 27.9. The summed E-state index contributed by atoms with van der Waals surface area (Å²) in [5.74, 6) is 2.59. The number of hydrogen-bond donors (Lipinski definition) is 1. The van der Waals surface area contributed by atoms with Crippen LogP contribution in [0.25, 0.3) is 10.4 Å². The maximum atomic E-state index is 12.8. The first-order valence-electron chi connectivity index (χ1n) is 17.0. The zero-order chi connectivity index (χ0) is 32.3. The average Bonchev–Trinajstić information content (AvgIpc) is 3.30. The van der Waals surface area contributed by atoms with Gasteiger partial charge in [-0.1, -0.05) is 25.9 Å². The molecule has 248 valence electrons. The maximum Gasteiger partial charge on any atom is 0.323 e. The molecule has 0 amide bonds. The van der Waals surface area contributed by atoms with E-state index in [0.717, 1.165) is 37.5 Å². The van der Waals surface area contributed by atoms with Crippen molar-refractivity contribution in [2.75, 3.05) is 13.2 Å². The Hall–Kier alpha value is -2.32. The first-order valence-corrected chi connectivity index (χ1v) is 17.0. The lowest BCUT2D eigenvalue weighted by Gasteiger charge is -2.61. The molecule has 10 nitrogen and oxygen atoms in total. The molecule has 0 spiro atoms. The number of esters is 3. The zero-order valence-corrected chi connectivity index (χ0v) is 27.9. The largest absolute Gasteiger partial charge is 0.466 e. The number of fused-ring (bicyclic) bond motifs is 5. The number of hydrogen-bond acceptors (Lipinski definition) is 8. The third-order valence-electron chi connectivity index (χ3n) is 12.1. The molecule has 0 radical (unpaired) electrons. The average molecular weight is 617 g/mol. The van der Waals surface area contributed by atoms with Crippen molar-refractivity contribution in [2.24, 2.45) is 57.2 Å². The summed E-state index contributed by atoms with van der Waals surface area (Å²) < 4.78 is 16.4. The minimum atomic E-state index is -1.00. The van der Waals surface area contributed by atoms with Gasteiger partial charge in [0, 0.05) is 11.3 Å². The van der Waals surface area contributed by atoms with Gasteiger partial charge in [-0.15, -0.1) is 0 Å². The van der Waals surface area contributed by atoms with E-state index < -0.39 is 23.6 Å². The van der Waals surface area contributed by atoms with Crippen molar-refractivity contribution in [1.29, 1.82) is 0 Å². The van der Waals surface area contributed by atoms with Gasteiger partial charge in [0.2, 0.25) is 0 Å². The predicted octanol–water partition coefficient (Wildman–Crippen LogP) is 6.89. The first-order chi connectivity index (χ1) is 20.7. The second kappa shape index (κ2) is 14.0. The normalized spacial score (nSPS) is 36.0. The fourth-order valence-electron chi connectivity index (χ4n) is 10.1. The van der Waals surface area contributed by atoms with E-state index in [0.29, 0.717) is 35.5 Å². The number of ether oxygens (including phenoxy) is 3. The van der Waals surface area contributed by atoms with Gasteiger partial charge in [-0.05, 0) is 137 Å². The highest BCUT2D eigenvalue weighted by molar-refractivity contribution is 5.82. The van der Waals surface area contributed by atoms with E-state index in [1.807, 2.05) is 0 Å². The van der Waals surface area contributed by atoms with Crippen LogP contribution in [-0.2, 0) is 28.6 Å². The van der Waals surface area contributed by atoms with Crippen LogP contribution in [0.3, 0.4) is 0 Å². The Labute approximate surface area is 263 Å². The maximum absolute atomic E-state index is 12.8. The van der Waals surface area contributed by atoms with Crippen LogP contribution in [-0.4, -0.2) is 48.8 Å². The van der Waals surface area contributed by atoms with Crippen LogP contribution in [0.15, 0.2) is 5.11 Å². The van der Waals surface area contributed by atoms with Gasteiger partial charge in [-0.25, -0.2) is 0 Å². The Kier molecular flexibility index (Phi) is 11.0. The molecule has 0 saturated heterocycles. The molecule has 4 saturated carbocycles. The Bertz CT molecular complexity index is 1100. The lowest BCUT2D eigenvalue weighted by Crippen LogP contribution is -2.54. The summed E-state index contributed by atoms with van der Waals surface area (Å²) in [7, 11) is 0. The van der Waals surface area contributed by atoms with Gasteiger partial charge in [0.1, 0.15) is 17.7 Å². The van der Waals surface area contributed by atoms with Crippen LogP contribution in [0, 0.1) is 46.3 Å². The molecule has 0 aliphatic heterocycles. The van der Waals surface area contributed by atoms with E-state index >= 15 is 0 Å². The van der Waals surface area contributed by atoms with Crippen molar-refractivity contribution < 1.29 is 28.6 Å². The summed E-state index contributed by atoms with van der Waals surface area (Å²) >= 11 is 0. The molecular weight excluding hydrogens is 560 g/mol. The summed E-state index contributed by atoms with van der Waals surface area (Å²) in [6, 6.07) is -1.00. The number of rotatable bonds is 11. The topological polar surface area (TPSA) is 154 Å². The summed E-state index contributed by atoms with van der Waals surface area (Å²) in [4.78, 5) is 39.9. The van der Waals surface area contributed by atoms with Crippen LogP contribution < -0.4 is 5.73 Å². The van der Waals surface area contributed by atoms with Crippen LogP contribution in [0.2, 0.25) is 0 Å². The molecule has 10 atom stereocenters. The molecule has 0 aromatic heterocycles. The van der Waals surface area contributed by atoms with Crippen molar-refractivity contribution in [3.8, 4) is 0 Å². The standard InChI is InChI=1S/C34H56N4O6/c1-21(7-12-29(39)42-18-17-37-38-36)25-10-11-26-24-9-8-22-19-23(13-15-33(22,5)27(24)14-16-34(25,26)6)43-31(41)28(35)20-30(40)44-32(2,3)4/h21-28H,7-20,35H2,1-6H3/t21-,22-,23-,24+,25?,26+,27+,28+,33+,34-/m1/s1. The Balaban J connectivity index is 1.30. The third kappa shape index (κ3) is 7.72. The van der Waals surface area contributed by atoms with Crippen molar-refractivity contribution in [1.82, 2.24) is 0 Å². The summed E-state index contributed by atoms with van der Waals surface area (Å²) in [5, 5.41) is 3.42. The van der Waals surface area contributed by atoms with Gasteiger partial charge < -0.3 is 19.9 Å². The molecule has 4 aliphatic rings. The second-order valence-corrected chi connectivity index (χ2v) is 15.8. The lowest BCUT2D eigenvalue weighted by molar-refractivity contribution is -0.167. The van der Waals surface area contributed by atoms with Crippen molar-refractivity contribution in [2.45, 2.75) is 136 Å². The molecule has 4 rings (SSSR count). The molecule has 0 aromatic carbocycles. The fraction of sp³-hybridized carbons (Fsp3) is 0.912. The summed E-state index contributed by atoms with van der Waals surface area (Å²) in [6.07, 6.45) is 11.1. The van der Waals surface area contributed by atoms with Crippen LogP contribution in [0.4, 0.5) is 0 Å². The van der Waals surface area contributed by atoms with E-state index in [1.54, 1.807) is 20.8 Å². The van der Waals surface area contributed by atoms with E-state index in [4.69, 9.17) is 25.5 Å². The van der Waals surface area contributed by atoms with Gasteiger partial charge >= 0.3 is 17.9 Å². The predicted molar refractivity (Wildman–Crippen MR) is 167 cm³/mol. The van der Waals surface area contributed by atoms with Crippen LogP contribution in [0.5, 0.6) is 0 Å². The van der Waals surface area contributed by atoms with E-state index in [9.17, 15) is 14.4 Å². The van der Waals surface area contributed by atoms with Gasteiger partial charge in [0.15, 0.2) is 0 Å². The quantitative estimate of drug-likeness (QED) is 0.0662. The Morgan fingerprint density at radius 1 is 1.00 bits per heavy atom. The summed E-state index contributed by atoms with van der Waals surface area (Å²) in [6.45, 7) is 13.1. The lowest BCUT2D eigenvalue weighted by atomic mass is 9.44. The van der Waals surface area contributed by atoms with E-state index in [2.05, 4.69) is 30.8 Å². The van der Waals surface area contributed by atoms with Gasteiger partial charge in [0.05, 0.1) is 19.6 Å². The third-order valence-corrected chi connectivity index (χ3v) is 12.1. The smallest absolute Gasteiger partial charge is 0.323 e. The monoisotopic (exact) mass is 616 g/mol. The molecule has 0 aromatic rings. The molecule has 4 aliphatic carbocycles. The number of azide groups is 1. The van der Waals surface area contributed by atoms with Crippen molar-refractivity contribution in [3.05, 3.63) is 10.4 Å². The minimum absolute atomic E-state index is 0.141. The molecular formula is C34H56N4O6. The van der Waals surface area contributed by atoms with E-state index in [1.165, 1.54) is 38.5 Å². The Morgan fingerprint density at radius 3 is 2.41 bits per heavy atom. The second-order valence-electron chi connectivity index (χ2n) is 15.8. The number of nitrogens with two attached hydrogens (primary N) is 1. The van der Waals surface area contributed by atoms with Gasteiger partial charge in [0.25, 0.3) is 0 Å². The first kappa shape index (κ1) is 34.6. The number of carbonyl (C=O) groups excluding carboxylic acids is 3. The van der Waals surface area contributed by atoms with Crippen molar-refractivity contribution >= 4 is 17.9 Å². The number of nitrogens with zero attached hydrogens (tertiary/aromatic N) is 3.